The normalized spacial score (nSPS) is 21.3. The Kier molecular flexibility index (Phi) is 4.80. The minimum Gasteiger partial charge on any atom is -0.339 e. The molecule has 100 valence electrons. The van der Waals surface area contributed by atoms with Crippen molar-refractivity contribution in [2.24, 2.45) is 0 Å². The molecule has 0 bridgehead atoms. The largest absolute Gasteiger partial charge is 0.339 e. The van der Waals surface area contributed by atoms with Gasteiger partial charge >= 0.3 is 0 Å². The number of hydrogen-bond donors (Lipinski definition) is 0. The summed E-state index contributed by atoms with van der Waals surface area (Å²) in [6, 6.07) is 0. The molecule has 1 aliphatic rings. The SMILES string of the molecule is CC(C)SCc1noc(C2CCCCCC2=O)n1. The summed E-state index contributed by atoms with van der Waals surface area (Å²) in [5.41, 5.74) is 0. The summed E-state index contributed by atoms with van der Waals surface area (Å²) in [4.78, 5) is 16.3. The van der Waals surface area contributed by atoms with Crippen molar-refractivity contribution in [2.45, 2.75) is 62.9 Å². The first-order valence-corrected chi connectivity index (χ1v) is 7.68. The van der Waals surface area contributed by atoms with Gasteiger partial charge in [0.15, 0.2) is 5.82 Å². The quantitative estimate of drug-likeness (QED) is 0.784. The van der Waals surface area contributed by atoms with Crippen molar-refractivity contribution in [1.29, 1.82) is 0 Å². The summed E-state index contributed by atoms with van der Waals surface area (Å²) >= 11 is 1.78. The van der Waals surface area contributed by atoms with Gasteiger partial charge in [-0.05, 0) is 18.1 Å². The summed E-state index contributed by atoms with van der Waals surface area (Å²) in [6.45, 7) is 4.28. The van der Waals surface area contributed by atoms with Crippen LogP contribution in [0.15, 0.2) is 4.52 Å². The molecule has 1 aliphatic carbocycles. The van der Waals surface area contributed by atoms with Crippen molar-refractivity contribution < 1.29 is 9.32 Å². The van der Waals surface area contributed by atoms with Gasteiger partial charge in [-0.3, -0.25) is 4.79 Å². The second-order valence-electron chi connectivity index (χ2n) is 5.03. The van der Waals surface area contributed by atoms with Crippen molar-refractivity contribution in [3.05, 3.63) is 11.7 Å². The van der Waals surface area contributed by atoms with Gasteiger partial charge in [0.2, 0.25) is 5.89 Å². The second-order valence-corrected chi connectivity index (χ2v) is 6.59. The molecule has 1 heterocycles. The van der Waals surface area contributed by atoms with Crippen LogP contribution in [0.5, 0.6) is 0 Å². The van der Waals surface area contributed by atoms with E-state index in [1.165, 1.54) is 0 Å². The summed E-state index contributed by atoms with van der Waals surface area (Å²) in [7, 11) is 0. The van der Waals surface area contributed by atoms with Gasteiger partial charge in [-0.25, -0.2) is 0 Å². The lowest BCUT2D eigenvalue weighted by atomic mass is 9.99. The minimum atomic E-state index is -0.155. The molecule has 1 unspecified atom stereocenters. The molecule has 1 aromatic rings. The monoisotopic (exact) mass is 268 g/mol. The standard InChI is InChI=1S/C13H20N2O2S/c1-9(2)18-8-12-14-13(17-15-12)10-6-4-3-5-7-11(10)16/h9-10H,3-8H2,1-2H3. The molecule has 0 spiro atoms. The van der Waals surface area contributed by atoms with E-state index in [9.17, 15) is 4.79 Å². The molecule has 0 amide bonds. The molecule has 0 N–H and O–H groups in total. The lowest BCUT2D eigenvalue weighted by molar-refractivity contribution is -0.120. The molecule has 18 heavy (non-hydrogen) atoms. The van der Waals surface area contributed by atoms with Crippen molar-refractivity contribution in [2.75, 3.05) is 0 Å². The van der Waals surface area contributed by atoms with E-state index in [4.69, 9.17) is 4.52 Å². The third-order valence-electron chi connectivity index (χ3n) is 3.13. The van der Waals surface area contributed by atoms with Gasteiger partial charge in [-0.2, -0.15) is 16.7 Å². The van der Waals surface area contributed by atoms with Crippen LogP contribution in [0.2, 0.25) is 0 Å². The fourth-order valence-corrected chi connectivity index (χ4v) is 2.73. The number of Topliss-reactive ketones (excluding diaryl/α,β-unsaturated/α-hetero) is 1. The molecule has 4 nitrogen and oxygen atoms in total. The van der Waals surface area contributed by atoms with E-state index < -0.39 is 0 Å². The zero-order chi connectivity index (χ0) is 13.0. The average molecular weight is 268 g/mol. The van der Waals surface area contributed by atoms with Crippen LogP contribution in [-0.2, 0) is 10.5 Å². The van der Waals surface area contributed by atoms with Crippen LogP contribution in [0, 0.1) is 0 Å². The van der Waals surface area contributed by atoms with Crippen LogP contribution >= 0.6 is 11.8 Å². The molecular weight excluding hydrogens is 248 g/mol. The van der Waals surface area contributed by atoms with Gasteiger partial charge in [0.1, 0.15) is 5.78 Å². The summed E-state index contributed by atoms with van der Waals surface area (Å²) in [6.07, 6.45) is 4.72. The van der Waals surface area contributed by atoms with E-state index in [-0.39, 0.29) is 11.7 Å². The Morgan fingerprint density at radius 3 is 3.00 bits per heavy atom. The van der Waals surface area contributed by atoms with Gasteiger partial charge in [-0.15, -0.1) is 0 Å². The number of aromatic nitrogens is 2. The molecule has 1 fully saturated rings. The Bertz CT molecular complexity index is 403. The van der Waals surface area contributed by atoms with E-state index in [0.29, 0.717) is 23.4 Å². The number of rotatable bonds is 4. The lowest BCUT2D eigenvalue weighted by Gasteiger charge is -2.06. The van der Waals surface area contributed by atoms with Crippen LogP contribution in [0.3, 0.4) is 0 Å². The molecule has 2 rings (SSSR count). The highest BCUT2D eigenvalue weighted by Crippen LogP contribution is 2.28. The molecule has 1 saturated carbocycles. The van der Waals surface area contributed by atoms with E-state index >= 15 is 0 Å². The van der Waals surface area contributed by atoms with Gasteiger partial charge in [0, 0.05) is 6.42 Å². The first-order chi connectivity index (χ1) is 8.66. The fraction of sp³-hybridized carbons (Fsp3) is 0.769. The Hall–Kier alpha value is -0.840. The summed E-state index contributed by atoms with van der Waals surface area (Å²) < 4.78 is 5.27. The fourth-order valence-electron chi connectivity index (χ4n) is 2.13. The number of thioether (sulfide) groups is 1. The number of carbonyl (C=O) groups excluding carboxylic acids is 1. The molecule has 0 radical (unpaired) electrons. The van der Waals surface area contributed by atoms with Crippen molar-refractivity contribution in [3.63, 3.8) is 0 Å². The predicted octanol–water partition coefficient (Wildman–Crippen LogP) is 3.33. The lowest BCUT2D eigenvalue weighted by Crippen LogP contribution is -2.10. The smallest absolute Gasteiger partial charge is 0.237 e. The number of hydrogen-bond acceptors (Lipinski definition) is 5. The molecule has 5 heteroatoms. The van der Waals surface area contributed by atoms with Crippen molar-refractivity contribution in [3.8, 4) is 0 Å². The topological polar surface area (TPSA) is 56.0 Å². The van der Waals surface area contributed by atoms with Crippen LogP contribution in [0.1, 0.15) is 63.6 Å². The number of ketones is 1. The van der Waals surface area contributed by atoms with Gasteiger partial charge in [0.05, 0.1) is 11.7 Å². The minimum absolute atomic E-state index is 0.155. The first-order valence-electron chi connectivity index (χ1n) is 6.63. The molecule has 0 aliphatic heterocycles. The molecule has 0 aromatic carbocycles. The van der Waals surface area contributed by atoms with E-state index in [1.807, 2.05) is 0 Å². The number of carbonyl (C=O) groups is 1. The van der Waals surface area contributed by atoms with Crippen LogP contribution in [0.4, 0.5) is 0 Å². The summed E-state index contributed by atoms with van der Waals surface area (Å²) in [5.74, 6) is 2.10. The molecule has 1 aromatic heterocycles. The first kappa shape index (κ1) is 13.6. The Morgan fingerprint density at radius 1 is 1.39 bits per heavy atom. The maximum Gasteiger partial charge on any atom is 0.237 e. The van der Waals surface area contributed by atoms with Crippen LogP contribution in [-0.4, -0.2) is 21.2 Å². The third-order valence-corrected chi connectivity index (χ3v) is 4.22. The second kappa shape index (κ2) is 6.36. The number of nitrogens with zero attached hydrogens (tertiary/aromatic N) is 2. The van der Waals surface area contributed by atoms with Gasteiger partial charge in [0.25, 0.3) is 0 Å². The average Bonchev–Trinajstić information content (AvgIpc) is 2.69. The van der Waals surface area contributed by atoms with Crippen molar-refractivity contribution >= 4 is 17.5 Å². The Labute approximate surface area is 112 Å². The third kappa shape index (κ3) is 3.57. The molecule has 1 atom stereocenters. The summed E-state index contributed by atoms with van der Waals surface area (Å²) in [5, 5.41) is 4.52. The van der Waals surface area contributed by atoms with Crippen LogP contribution < -0.4 is 0 Å². The van der Waals surface area contributed by atoms with E-state index in [2.05, 4.69) is 24.0 Å². The highest BCUT2D eigenvalue weighted by molar-refractivity contribution is 7.99. The predicted molar refractivity (Wildman–Crippen MR) is 71.6 cm³/mol. The zero-order valence-electron chi connectivity index (χ0n) is 11.0. The zero-order valence-corrected chi connectivity index (χ0v) is 11.8. The molecular formula is C13H20N2O2S. The maximum atomic E-state index is 12.0. The van der Waals surface area contributed by atoms with Gasteiger partial charge < -0.3 is 4.52 Å². The van der Waals surface area contributed by atoms with Crippen LogP contribution in [0.25, 0.3) is 0 Å². The highest BCUT2D eigenvalue weighted by Gasteiger charge is 2.27. The van der Waals surface area contributed by atoms with Crippen molar-refractivity contribution in [1.82, 2.24) is 10.1 Å². The Morgan fingerprint density at radius 2 is 2.22 bits per heavy atom. The van der Waals surface area contributed by atoms with E-state index in [0.717, 1.165) is 31.4 Å². The van der Waals surface area contributed by atoms with Gasteiger partial charge in [-0.1, -0.05) is 31.8 Å². The van der Waals surface area contributed by atoms with E-state index in [1.54, 1.807) is 11.8 Å². The molecule has 0 saturated heterocycles. The highest BCUT2D eigenvalue weighted by atomic mass is 32.2. The Balaban J connectivity index is 2.01. The maximum absolute atomic E-state index is 12.0.